The molecule has 0 bridgehead atoms. The van der Waals surface area contributed by atoms with Crippen molar-refractivity contribution >= 4 is 35.3 Å². The number of imide groups is 1. The predicted octanol–water partition coefficient (Wildman–Crippen LogP) is 3.62. The zero-order valence-electron chi connectivity index (χ0n) is 24.0. The molecule has 5 heterocycles. The first-order valence-corrected chi connectivity index (χ1v) is 16.0. The number of nitrogens with zero attached hydrogens (tertiary/aromatic N) is 6. The molecule has 0 radical (unpaired) electrons. The van der Waals surface area contributed by atoms with Crippen LogP contribution in [0.4, 0.5) is 4.39 Å². The molecule has 1 saturated heterocycles. The average molecular weight is 594 g/mol. The standard InChI is InChI=1S/C30H36FN7O3S/c1-17-23(18(2)38-30(35-17)33-16-34-38)7-8-27(39)36-21-3-5-22(6-4-21)37-28(40)24(19-9-11-42-12-10-19)14-26-25(29(37)41)13-20(31)15-32-26/h13,15-16,19,21-22,24H,3-12,14H2,1-2H3,(H,36,39). The van der Waals surface area contributed by atoms with E-state index in [-0.39, 0.29) is 41.3 Å². The number of nitrogens with one attached hydrogen (secondary N) is 1. The van der Waals surface area contributed by atoms with Crippen molar-refractivity contribution in [1.29, 1.82) is 0 Å². The maximum absolute atomic E-state index is 14.2. The summed E-state index contributed by atoms with van der Waals surface area (Å²) < 4.78 is 15.9. The van der Waals surface area contributed by atoms with Gasteiger partial charge in [-0.1, -0.05) is 0 Å². The second-order valence-electron chi connectivity index (χ2n) is 11.7. The molecule has 222 valence electrons. The smallest absolute Gasteiger partial charge is 0.262 e. The summed E-state index contributed by atoms with van der Waals surface area (Å²) in [4.78, 5) is 55.0. The van der Waals surface area contributed by atoms with Gasteiger partial charge in [0.05, 0.1) is 17.5 Å². The summed E-state index contributed by atoms with van der Waals surface area (Å²) in [6.45, 7) is 3.87. The van der Waals surface area contributed by atoms with Gasteiger partial charge in [0.2, 0.25) is 11.8 Å². The molecular weight excluding hydrogens is 557 g/mol. The molecule has 3 aromatic heterocycles. The Morgan fingerprint density at radius 2 is 1.86 bits per heavy atom. The monoisotopic (exact) mass is 593 g/mol. The second kappa shape index (κ2) is 12.1. The van der Waals surface area contributed by atoms with Crippen LogP contribution in [-0.2, 0) is 22.4 Å². The highest BCUT2D eigenvalue weighted by Crippen LogP contribution is 2.37. The number of carbonyl (C=O) groups is 3. The van der Waals surface area contributed by atoms with Crippen LogP contribution in [0.25, 0.3) is 5.78 Å². The summed E-state index contributed by atoms with van der Waals surface area (Å²) in [5, 5.41) is 7.38. The SMILES string of the molecule is Cc1nc2ncnn2c(C)c1CCC(=O)NC1CCC(N2C(=O)c3cc(F)cnc3CC(C3CCSCC3)C2=O)CC1. The Hall–Kier alpha value is -3.41. The van der Waals surface area contributed by atoms with Gasteiger partial charge in [0.25, 0.3) is 11.7 Å². The van der Waals surface area contributed by atoms with Gasteiger partial charge in [-0.2, -0.15) is 21.8 Å². The molecule has 1 N–H and O–H groups in total. The number of hydrogen-bond acceptors (Lipinski definition) is 8. The van der Waals surface area contributed by atoms with E-state index in [4.69, 9.17) is 0 Å². The number of carbonyl (C=O) groups excluding carboxylic acids is 3. The van der Waals surface area contributed by atoms with Gasteiger partial charge in [-0.3, -0.25) is 24.3 Å². The fourth-order valence-electron chi connectivity index (χ4n) is 6.89. The molecule has 1 atom stereocenters. The fraction of sp³-hybridized carbons (Fsp3) is 0.567. The van der Waals surface area contributed by atoms with Crippen LogP contribution in [0.1, 0.15) is 77.9 Å². The van der Waals surface area contributed by atoms with E-state index >= 15 is 0 Å². The third-order valence-electron chi connectivity index (χ3n) is 9.21. The van der Waals surface area contributed by atoms with E-state index in [1.165, 1.54) is 17.3 Å². The van der Waals surface area contributed by atoms with Gasteiger partial charge in [0.1, 0.15) is 12.1 Å². The summed E-state index contributed by atoms with van der Waals surface area (Å²) in [6, 6.07) is 0.926. The van der Waals surface area contributed by atoms with Gasteiger partial charge in [-0.25, -0.2) is 13.9 Å². The minimum Gasteiger partial charge on any atom is -0.353 e. The first kappa shape index (κ1) is 28.7. The fourth-order valence-corrected chi connectivity index (χ4v) is 8.03. The molecule has 3 aromatic rings. The Morgan fingerprint density at radius 1 is 1.10 bits per heavy atom. The lowest BCUT2D eigenvalue weighted by molar-refractivity contribution is -0.137. The summed E-state index contributed by atoms with van der Waals surface area (Å²) in [5.74, 6) is 1.21. The summed E-state index contributed by atoms with van der Waals surface area (Å²) in [7, 11) is 0. The zero-order valence-corrected chi connectivity index (χ0v) is 24.8. The van der Waals surface area contributed by atoms with E-state index in [0.29, 0.717) is 56.4 Å². The number of aromatic nitrogens is 5. The lowest BCUT2D eigenvalue weighted by Crippen LogP contribution is -2.51. The summed E-state index contributed by atoms with van der Waals surface area (Å²) >= 11 is 1.89. The van der Waals surface area contributed by atoms with Crippen LogP contribution in [0.15, 0.2) is 18.6 Å². The van der Waals surface area contributed by atoms with Crippen LogP contribution < -0.4 is 5.32 Å². The number of halogens is 1. The average Bonchev–Trinajstić information content (AvgIpc) is 3.42. The Balaban J connectivity index is 1.11. The van der Waals surface area contributed by atoms with Crippen molar-refractivity contribution < 1.29 is 18.8 Å². The van der Waals surface area contributed by atoms with E-state index in [1.807, 2.05) is 25.6 Å². The van der Waals surface area contributed by atoms with Gasteiger partial charge in [-0.15, -0.1) is 0 Å². The lowest BCUT2D eigenvalue weighted by atomic mass is 9.82. The largest absolute Gasteiger partial charge is 0.353 e. The minimum atomic E-state index is -0.573. The van der Waals surface area contributed by atoms with Gasteiger partial charge >= 0.3 is 0 Å². The molecule has 1 unspecified atom stereocenters. The van der Waals surface area contributed by atoms with Crippen LogP contribution in [0.5, 0.6) is 0 Å². The van der Waals surface area contributed by atoms with Gasteiger partial charge in [-0.05, 0) is 87.8 Å². The maximum Gasteiger partial charge on any atom is 0.262 e. The Kier molecular flexibility index (Phi) is 8.24. The Morgan fingerprint density at radius 3 is 2.62 bits per heavy atom. The molecule has 6 rings (SSSR count). The molecule has 3 aliphatic rings. The zero-order chi connectivity index (χ0) is 29.4. The van der Waals surface area contributed by atoms with Gasteiger partial charge in [0, 0.05) is 42.2 Å². The minimum absolute atomic E-state index is 0.0263. The Labute approximate surface area is 248 Å². The van der Waals surface area contributed by atoms with Crippen molar-refractivity contribution in [2.75, 3.05) is 11.5 Å². The second-order valence-corrected chi connectivity index (χ2v) is 13.0. The molecule has 2 aliphatic heterocycles. The number of hydrogen-bond donors (Lipinski definition) is 1. The predicted molar refractivity (Wildman–Crippen MR) is 155 cm³/mol. The number of amides is 3. The molecule has 10 nitrogen and oxygen atoms in total. The summed E-state index contributed by atoms with van der Waals surface area (Å²) in [6.07, 6.45) is 8.23. The van der Waals surface area contributed by atoms with Crippen molar-refractivity contribution in [2.45, 2.75) is 83.7 Å². The van der Waals surface area contributed by atoms with E-state index in [2.05, 4.69) is 25.4 Å². The van der Waals surface area contributed by atoms with Crippen molar-refractivity contribution in [2.24, 2.45) is 11.8 Å². The van der Waals surface area contributed by atoms with E-state index < -0.39 is 11.7 Å². The van der Waals surface area contributed by atoms with E-state index in [0.717, 1.165) is 47.5 Å². The van der Waals surface area contributed by atoms with E-state index in [1.54, 1.807) is 4.52 Å². The number of aryl methyl sites for hydroxylation is 2. The van der Waals surface area contributed by atoms with Crippen molar-refractivity contribution in [1.82, 2.24) is 34.8 Å². The van der Waals surface area contributed by atoms with Crippen LogP contribution in [0.2, 0.25) is 0 Å². The van der Waals surface area contributed by atoms with Crippen LogP contribution in [-0.4, -0.2) is 70.8 Å². The third-order valence-corrected chi connectivity index (χ3v) is 10.3. The van der Waals surface area contributed by atoms with Crippen molar-refractivity contribution in [3.63, 3.8) is 0 Å². The molecule has 12 heteroatoms. The molecule has 0 spiro atoms. The molecule has 2 fully saturated rings. The van der Waals surface area contributed by atoms with E-state index in [9.17, 15) is 18.8 Å². The first-order chi connectivity index (χ1) is 20.3. The molecule has 1 aliphatic carbocycles. The van der Waals surface area contributed by atoms with Crippen LogP contribution in [0, 0.1) is 31.5 Å². The number of pyridine rings is 1. The molecular formula is C30H36FN7O3S. The number of thioether (sulfide) groups is 1. The van der Waals surface area contributed by atoms with Gasteiger partial charge in [0.15, 0.2) is 0 Å². The first-order valence-electron chi connectivity index (χ1n) is 14.8. The molecule has 0 aromatic carbocycles. The normalized spacial score (nSPS) is 23.6. The number of fused-ring (bicyclic) bond motifs is 2. The maximum atomic E-state index is 14.2. The molecule has 42 heavy (non-hydrogen) atoms. The molecule has 3 amide bonds. The number of rotatable bonds is 6. The van der Waals surface area contributed by atoms with Crippen LogP contribution in [0.3, 0.4) is 0 Å². The highest BCUT2D eigenvalue weighted by Gasteiger charge is 2.43. The highest BCUT2D eigenvalue weighted by atomic mass is 32.2. The van der Waals surface area contributed by atoms with Crippen molar-refractivity contribution in [3.8, 4) is 0 Å². The van der Waals surface area contributed by atoms with Gasteiger partial charge < -0.3 is 5.32 Å². The van der Waals surface area contributed by atoms with Crippen LogP contribution >= 0.6 is 11.8 Å². The third kappa shape index (κ3) is 5.65. The molecule has 1 saturated carbocycles. The Bertz CT molecular complexity index is 1510. The topological polar surface area (TPSA) is 122 Å². The lowest BCUT2D eigenvalue weighted by Gasteiger charge is -2.38. The summed E-state index contributed by atoms with van der Waals surface area (Å²) in [5.41, 5.74) is 3.48. The quantitative estimate of drug-likeness (QED) is 0.430. The van der Waals surface area contributed by atoms with Crippen molar-refractivity contribution in [3.05, 3.63) is 52.6 Å². The highest BCUT2D eigenvalue weighted by molar-refractivity contribution is 7.99.